The van der Waals surface area contributed by atoms with Gasteiger partial charge in [-0.25, -0.2) is 4.79 Å². The fourth-order valence-corrected chi connectivity index (χ4v) is 1.04. The highest BCUT2D eigenvalue weighted by molar-refractivity contribution is 5.81. The zero-order valence-electron chi connectivity index (χ0n) is 8.17. The lowest BCUT2D eigenvalue weighted by Gasteiger charge is -2.18. The SMILES string of the molecule is C=CC(=O)OC(C)C(C)CCC. The molecule has 0 heterocycles. The van der Waals surface area contributed by atoms with Crippen LogP contribution in [0.5, 0.6) is 0 Å². The number of esters is 1. The maximum atomic E-state index is 10.8. The second kappa shape index (κ2) is 5.81. The number of rotatable bonds is 5. The summed E-state index contributed by atoms with van der Waals surface area (Å²) in [7, 11) is 0. The van der Waals surface area contributed by atoms with Crippen molar-refractivity contribution in [2.24, 2.45) is 5.92 Å². The first-order valence-corrected chi connectivity index (χ1v) is 4.44. The summed E-state index contributed by atoms with van der Waals surface area (Å²) in [5, 5.41) is 0. The molecule has 0 rings (SSSR count). The van der Waals surface area contributed by atoms with Crippen LogP contribution in [0.1, 0.15) is 33.6 Å². The Labute approximate surface area is 74.6 Å². The molecule has 0 saturated heterocycles. The van der Waals surface area contributed by atoms with E-state index in [9.17, 15) is 4.79 Å². The predicted octanol–water partition coefficient (Wildman–Crippen LogP) is 2.54. The Hall–Kier alpha value is -0.790. The van der Waals surface area contributed by atoms with Crippen LogP contribution >= 0.6 is 0 Å². The van der Waals surface area contributed by atoms with Gasteiger partial charge in [0.05, 0.1) is 0 Å². The lowest BCUT2D eigenvalue weighted by molar-refractivity contribution is -0.144. The van der Waals surface area contributed by atoms with Gasteiger partial charge in [-0.2, -0.15) is 0 Å². The monoisotopic (exact) mass is 170 g/mol. The second-order valence-electron chi connectivity index (χ2n) is 3.11. The molecule has 0 aromatic rings. The lowest BCUT2D eigenvalue weighted by Crippen LogP contribution is -2.20. The Morgan fingerprint density at radius 1 is 1.58 bits per heavy atom. The van der Waals surface area contributed by atoms with Gasteiger partial charge < -0.3 is 4.74 Å². The molecule has 0 radical (unpaired) electrons. The average molecular weight is 170 g/mol. The van der Waals surface area contributed by atoms with Crippen LogP contribution in [0.15, 0.2) is 12.7 Å². The highest BCUT2D eigenvalue weighted by atomic mass is 16.5. The third-order valence-corrected chi connectivity index (χ3v) is 2.01. The summed E-state index contributed by atoms with van der Waals surface area (Å²) >= 11 is 0. The van der Waals surface area contributed by atoms with Gasteiger partial charge in [0.25, 0.3) is 0 Å². The molecule has 2 heteroatoms. The third kappa shape index (κ3) is 4.16. The number of ether oxygens (including phenoxy) is 1. The number of carbonyl (C=O) groups is 1. The van der Waals surface area contributed by atoms with Crippen LogP contribution in [0, 0.1) is 5.92 Å². The minimum absolute atomic E-state index is 0.00421. The van der Waals surface area contributed by atoms with Crippen LogP contribution in [0.2, 0.25) is 0 Å². The first-order chi connectivity index (χ1) is 5.61. The van der Waals surface area contributed by atoms with Crippen LogP contribution in [0.25, 0.3) is 0 Å². The fourth-order valence-electron chi connectivity index (χ4n) is 1.04. The second-order valence-corrected chi connectivity index (χ2v) is 3.11. The smallest absolute Gasteiger partial charge is 0.330 e. The van der Waals surface area contributed by atoms with Gasteiger partial charge in [-0.05, 0) is 19.3 Å². The minimum atomic E-state index is -0.328. The minimum Gasteiger partial charge on any atom is -0.459 e. The molecule has 0 aromatic heterocycles. The predicted molar refractivity (Wildman–Crippen MR) is 49.8 cm³/mol. The van der Waals surface area contributed by atoms with Gasteiger partial charge in [0.2, 0.25) is 0 Å². The van der Waals surface area contributed by atoms with E-state index in [0.717, 1.165) is 12.8 Å². The number of hydrogen-bond acceptors (Lipinski definition) is 2. The van der Waals surface area contributed by atoms with Crippen molar-refractivity contribution in [3.05, 3.63) is 12.7 Å². The van der Waals surface area contributed by atoms with Crippen molar-refractivity contribution in [2.75, 3.05) is 0 Å². The highest BCUT2D eigenvalue weighted by Gasteiger charge is 2.13. The topological polar surface area (TPSA) is 26.3 Å². The van der Waals surface area contributed by atoms with Gasteiger partial charge in [0.15, 0.2) is 0 Å². The molecule has 2 atom stereocenters. The summed E-state index contributed by atoms with van der Waals surface area (Å²) in [6.07, 6.45) is 3.41. The molecule has 0 amide bonds. The van der Waals surface area contributed by atoms with Crippen LogP contribution in [0.4, 0.5) is 0 Å². The molecule has 0 aromatic carbocycles. The number of carbonyl (C=O) groups excluding carboxylic acids is 1. The fraction of sp³-hybridized carbons (Fsp3) is 0.700. The number of hydrogen-bond donors (Lipinski definition) is 0. The zero-order valence-corrected chi connectivity index (χ0v) is 8.17. The lowest BCUT2D eigenvalue weighted by atomic mass is 10.0. The van der Waals surface area contributed by atoms with Gasteiger partial charge in [-0.3, -0.25) is 0 Å². The molecule has 0 fully saturated rings. The van der Waals surface area contributed by atoms with Crippen molar-refractivity contribution < 1.29 is 9.53 Å². The molecule has 2 unspecified atom stereocenters. The molecular formula is C10H18O2. The van der Waals surface area contributed by atoms with Gasteiger partial charge in [0.1, 0.15) is 6.10 Å². The van der Waals surface area contributed by atoms with Gasteiger partial charge in [-0.1, -0.05) is 26.8 Å². The summed E-state index contributed by atoms with van der Waals surface area (Å²) in [6.45, 7) is 9.47. The Morgan fingerprint density at radius 2 is 2.17 bits per heavy atom. The zero-order chi connectivity index (χ0) is 9.56. The third-order valence-electron chi connectivity index (χ3n) is 2.01. The van der Waals surface area contributed by atoms with Crippen molar-refractivity contribution in [1.82, 2.24) is 0 Å². The molecule has 0 aliphatic rings. The summed E-state index contributed by atoms with van der Waals surface area (Å²) in [5.41, 5.74) is 0. The van der Waals surface area contributed by atoms with E-state index in [1.165, 1.54) is 6.08 Å². The average Bonchev–Trinajstić information content (AvgIpc) is 2.04. The first kappa shape index (κ1) is 11.2. The van der Waals surface area contributed by atoms with E-state index in [1.807, 2.05) is 6.92 Å². The van der Waals surface area contributed by atoms with Gasteiger partial charge in [0, 0.05) is 6.08 Å². The van der Waals surface area contributed by atoms with Crippen LogP contribution < -0.4 is 0 Å². The Kier molecular flexibility index (Phi) is 5.43. The maximum Gasteiger partial charge on any atom is 0.330 e. The van der Waals surface area contributed by atoms with E-state index in [2.05, 4.69) is 20.4 Å². The Morgan fingerprint density at radius 3 is 2.58 bits per heavy atom. The molecule has 2 nitrogen and oxygen atoms in total. The molecule has 12 heavy (non-hydrogen) atoms. The van der Waals surface area contributed by atoms with E-state index >= 15 is 0 Å². The van der Waals surface area contributed by atoms with Gasteiger partial charge >= 0.3 is 5.97 Å². The van der Waals surface area contributed by atoms with Gasteiger partial charge in [-0.15, -0.1) is 0 Å². The van der Waals surface area contributed by atoms with E-state index in [-0.39, 0.29) is 12.1 Å². The van der Waals surface area contributed by atoms with Crippen molar-refractivity contribution in [2.45, 2.75) is 39.7 Å². The standard InChI is InChI=1S/C10H18O2/c1-5-7-8(3)9(4)12-10(11)6-2/h6,8-9H,2,5,7H2,1,3-4H3. The van der Waals surface area contributed by atoms with Crippen molar-refractivity contribution in [3.63, 3.8) is 0 Å². The largest absolute Gasteiger partial charge is 0.459 e. The van der Waals surface area contributed by atoms with E-state index < -0.39 is 0 Å². The van der Waals surface area contributed by atoms with Crippen LogP contribution in [0.3, 0.4) is 0 Å². The molecule has 0 N–H and O–H groups in total. The van der Waals surface area contributed by atoms with Crippen LogP contribution in [-0.4, -0.2) is 12.1 Å². The molecule has 70 valence electrons. The molecule has 0 saturated carbocycles. The normalized spacial score (nSPS) is 14.9. The quantitative estimate of drug-likeness (QED) is 0.468. The van der Waals surface area contributed by atoms with E-state index in [0.29, 0.717) is 5.92 Å². The summed E-state index contributed by atoms with van der Waals surface area (Å²) in [4.78, 5) is 10.8. The van der Waals surface area contributed by atoms with Crippen LogP contribution in [-0.2, 0) is 9.53 Å². The highest BCUT2D eigenvalue weighted by Crippen LogP contribution is 2.13. The van der Waals surface area contributed by atoms with Crippen molar-refractivity contribution >= 4 is 5.97 Å². The van der Waals surface area contributed by atoms with E-state index in [1.54, 1.807) is 0 Å². The molecule has 0 aliphatic heterocycles. The van der Waals surface area contributed by atoms with Crippen molar-refractivity contribution in [3.8, 4) is 0 Å². The maximum absolute atomic E-state index is 10.8. The molecular weight excluding hydrogens is 152 g/mol. The first-order valence-electron chi connectivity index (χ1n) is 4.44. The summed E-state index contributed by atoms with van der Waals surface area (Å²) in [5.74, 6) is 0.101. The molecule has 0 bridgehead atoms. The molecule has 0 spiro atoms. The summed E-state index contributed by atoms with van der Waals surface area (Å²) < 4.78 is 5.06. The molecule has 0 aliphatic carbocycles. The Balaban J connectivity index is 3.77. The summed E-state index contributed by atoms with van der Waals surface area (Å²) in [6, 6.07) is 0. The van der Waals surface area contributed by atoms with E-state index in [4.69, 9.17) is 4.74 Å². The Bertz CT molecular complexity index is 152. The van der Waals surface area contributed by atoms with Crippen molar-refractivity contribution in [1.29, 1.82) is 0 Å².